The van der Waals surface area contributed by atoms with Crippen LogP contribution in [-0.2, 0) is 0 Å². The van der Waals surface area contributed by atoms with Crippen molar-refractivity contribution in [3.8, 4) is 11.5 Å². The maximum absolute atomic E-state index is 10.6. The maximum Gasteiger partial charge on any atom is 0.231 e. The van der Waals surface area contributed by atoms with Gasteiger partial charge in [0.2, 0.25) is 6.79 Å². The van der Waals surface area contributed by atoms with Gasteiger partial charge in [0.25, 0.3) is 0 Å². The summed E-state index contributed by atoms with van der Waals surface area (Å²) in [5.74, 6) is 1.43. The molecule has 0 bridgehead atoms. The number of rotatable bonds is 2. The molecule has 0 amide bonds. The van der Waals surface area contributed by atoms with Crippen LogP contribution in [0, 0.1) is 0 Å². The molecule has 3 nitrogen and oxygen atoms in total. The van der Waals surface area contributed by atoms with E-state index in [1.54, 1.807) is 11.3 Å². The van der Waals surface area contributed by atoms with E-state index in [-0.39, 0.29) is 6.79 Å². The van der Waals surface area contributed by atoms with Gasteiger partial charge in [-0.2, -0.15) is 0 Å². The van der Waals surface area contributed by atoms with Gasteiger partial charge in [-0.05, 0) is 34.5 Å². The van der Waals surface area contributed by atoms with Crippen LogP contribution >= 0.6 is 11.3 Å². The van der Waals surface area contributed by atoms with Gasteiger partial charge in [-0.3, -0.25) is 0 Å². The van der Waals surface area contributed by atoms with Crippen LogP contribution in [0.2, 0.25) is 0 Å². The Bertz CT molecular complexity index is 778. The summed E-state index contributed by atoms with van der Waals surface area (Å²) in [5.41, 5.74) is 1.74. The van der Waals surface area contributed by atoms with E-state index in [9.17, 15) is 5.11 Å². The molecule has 2 aromatic carbocycles. The Morgan fingerprint density at radius 3 is 2.90 bits per heavy atom. The van der Waals surface area contributed by atoms with Crippen molar-refractivity contribution in [2.75, 3.05) is 6.79 Å². The third-order valence-corrected chi connectivity index (χ3v) is 4.50. The highest BCUT2D eigenvalue weighted by atomic mass is 32.1. The van der Waals surface area contributed by atoms with E-state index in [0.29, 0.717) is 5.75 Å². The fourth-order valence-corrected chi connectivity index (χ4v) is 3.43. The first-order valence-corrected chi connectivity index (χ1v) is 7.24. The first kappa shape index (κ1) is 11.8. The van der Waals surface area contributed by atoms with Crippen LogP contribution in [-0.4, -0.2) is 11.9 Å². The van der Waals surface area contributed by atoms with E-state index in [4.69, 9.17) is 9.47 Å². The van der Waals surface area contributed by atoms with Crippen LogP contribution < -0.4 is 9.47 Å². The van der Waals surface area contributed by atoms with E-state index >= 15 is 0 Å². The van der Waals surface area contributed by atoms with Crippen molar-refractivity contribution in [1.29, 1.82) is 0 Å². The summed E-state index contributed by atoms with van der Waals surface area (Å²) in [6, 6.07) is 13.6. The number of benzene rings is 2. The standard InChI is InChI=1S/C16H12O3S/c17-15(11-4-5-13-14(8-11)19-9-18-13)12-3-1-2-10-6-7-20-16(10)12/h1-8,15,17H,9H2. The van der Waals surface area contributed by atoms with Crippen LogP contribution in [0.1, 0.15) is 17.2 Å². The zero-order valence-electron chi connectivity index (χ0n) is 10.6. The van der Waals surface area contributed by atoms with E-state index in [1.807, 2.05) is 35.7 Å². The molecule has 100 valence electrons. The summed E-state index contributed by atoms with van der Waals surface area (Å²) < 4.78 is 11.8. The highest BCUT2D eigenvalue weighted by molar-refractivity contribution is 7.17. The minimum absolute atomic E-state index is 0.245. The Labute approximate surface area is 120 Å². The normalized spacial score (nSPS) is 14.7. The van der Waals surface area contributed by atoms with Crippen molar-refractivity contribution in [3.05, 3.63) is 59.0 Å². The third-order valence-electron chi connectivity index (χ3n) is 3.52. The molecule has 20 heavy (non-hydrogen) atoms. The minimum Gasteiger partial charge on any atom is -0.454 e. The summed E-state index contributed by atoms with van der Waals surface area (Å²) >= 11 is 1.65. The van der Waals surface area contributed by atoms with E-state index in [0.717, 1.165) is 27.0 Å². The smallest absolute Gasteiger partial charge is 0.231 e. The third kappa shape index (κ3) is 1.77. The molecule has 3 aromatic rings. The zero-order chi connectivity index (χ0) is 13.5. The summed E-state index contributed by atoms with van der Waals surface area (Å²) in [4.78, 5) is 0. The van der Waals surface area contributed by atoms with Crippen molar-refractivity contribution in [1.82, 2.24) is 0 Å². The number of aliphatic hydroxyl groups excluding tert-OH is 1. The van der Waals surface area contributed by atoms with E-state index in [1.165, 1.54) is 0 Å². The molecule has 0 saturated heterocycles. The van der Waals surface area contributed by atoms with Crippen LogP contribution in [0.25, 0.3) is 10.1 Å². The molecule has 1 aliphatic rings. The number of aliphatic hydroxyl groups is 1. The van der Waals surface area contributed by atoms with Gasteiger partial charge in [0, 0.05) is 10.3 Å². The quantitative estimate of drug-likeness (QED) is 0.779. The first-order valence-electron chi connectivity index (χ1n) is 6.37. The van der Waals surface area contributed by atoms with Gasteiger partial charge in [0.1, 0.15) is 6.10 Å². The molecule has 4 rings (SSSR count). The average molecular weight is 284 g/mol. The summed E-state index contributed by atoms with van der Waals surface area (Å²) in [6.45, 7) is 0.245. The van der Waals surface area contributed by atoms with Gasteiger partial charge >= 0.3 is 0 Å². The van der Waals surface area contributed by atoms with Crippen LogP contribution in [0.15, 0.2) is 47.8 Å². The molecule has 1 atom stereocenters. The molecule has 1 aliphatic heterocycles. The summed E-state index contributed by atoms with van der Waals surface area (Å²) in [5, 5.41) is 13.9. The highest BCUT2D eigenvalue weighted by Gasteiger charge is 2.19. The molecule has 1 N–H and O–H groups in total. The van der Waals surface area contributed by atoms with E-state index in [2.05, 4.69) is 12.1 Å². The SMILES string of the molecule is OC(c1ccc2c(c1)OCO2)c1cccc2ccsc12. The lowest BCUT2D eigenvalue weighted by molar-refractivity contribution is 0.173. The Morgan fingerprint density at radius 2 is 1.95 bits per heavy atom. The van der Waals surface area contributed by atoms with Crippen LogP contribution in [0.4, 0.5) is 0 Å². The van der Waals surface area contributed by atoms with Crippen LogP contribution in [0.5, 0.6) is 11.5 Å². The number of fused-ring (bicyclic) bond motifs is 2. The predicted molar refractivity (Wildman–Crippen MR) is 78.5 cm³/mol. The molecule has 1 aromatic heterocycles. The molecule has 0 fully saturated rings. The fourth-order valence-electron chi connectivity index (χ4n) is 2.49. The monoisotopic (exact) mass is 284 g/mol. The average Bonchev–Trinajstić information content (AvgIpc) is 3.13. The van der Waals surface area contributed by atoms with Gasteiger partial charge in [0.15, 0.2) is 11.5 Å². The maximum atomic E-state index is 10.6. The second-order valence-corrected chi connectivity index (χ2v) is 5.62. The first-order chi connectivity index (χ1) is 9.83. The molecular formula is C16H12O3S. The van der Waals surface area contributed by atoms with Gasteiger partial charge in [-0.25, -0.2) is 0 Å². The predicted octanol–water partition coefficient (Wildman–Crippen LogP) is 3.71. The number of hydrogen-bond acceptors (Lipinski definition) is 4. The van der Waals surface area contributed by atoms with Gasteiger partial charge in [0.05, 0.1) is 0 Å². The van der Waals surface area contributed by atoms with Gasteiger partial charge in [-0.15, -0.1) is 11.3 Å². The largest absolute Gasteiger partial charge is 0.454 e. The van der Waals surface area contributed by atoms with Crippen molar-refractivity contribution in [3.63, 3.8) is 0 Å². The summed E-state index contributed by atoms with van der Waals surface area (Å²) in [6.07, 6.45) is -0.660. The van der Waals surface area contributed by atoms with Crippen LogP contribution in [0.3, 0.4) is 0 Å². The molecular weight excluding hydrogens is 272 g/mol. The molecule has 0 spiro atoms. The second kappa shape index (κ2) is 4.51. The Morgan fingerprint density at radius 1 is 1.05 bits per heavy atom. The Kier molecular flexibility index (Phi) is 2.65. The Balaban J connectivity index is 1.80. The topological polar surface area (TPSA) is 38.7 Å². The molecule has 0 saturated carbocycles. The summed E-state index contributed by atoms with van der Waals surface area (Å²) in [7, 11) is 0. The minimum atomic E-state index is -0.660. The number of thiophene rings is 1. The lowest BCUT2D eigenvalue weighted by Gasteiger charge is -2.13. The zero-order valence-corrected chi connectivity index (χ0v) is 11.4. The molecule has 1 unspecified atom stereocenters. The van der Waals surface area contributed by atoms with E-state index < -0.39 is 6.10 Å². The lowest BCUT2D eigenvalue weighted by Crippen LogP contribution is -1.99. The molecule has 4 heteroatoms. The molecule has 0 aliphatic carbocycles. The van der Waals surface area contributed by atoms with Crippen molar-refractivity contribution in [2.45, 2.75) is 6.10 Å². The van der Waals surface area contributed by atoms with Crippen molar-refractivity contribution >= 4 is 21.4 Å². The number of ether oxygens (including phenoxy) is 2. The number of hydrogen-bond donors (Lipinski definition) is 1. The van der Waals surface area contributed by atoms with Crippen molar-refractivity contribution < 1.29 is 14.6 Å². The fraction of sp³-hybridized carbons (Fsp3) is 0.125. The molecule has 2 heterocycles. The second-order valence-electron chi connectivity index (χ2n) is 4.70. The highest BCUT2D eigenvalue weighted by Crippen LogP contribution is 2.37. The Hall–Kier alpha value is -2.04. The van der Waals surface area contributed by atoms with Gasteiger partial charge in [-0.1, -0.05) is 24.3 Å². The van der Waals surface area contributed by atoms with Gasteiger partial charge < -0.3 is 14.6 Å². The lowest BCUT2D eigenvalue weighted by atomic mass is 10.00. The van der Waals surface area contributed by atoms with Crippen molar-refractivity contribution in [2.24, 2.45) is 0 Å². The molecule has 0 radical (unpaired) electrons.